The summed E-state index contributed by atoms with van der Waals surface area (Å²) in [5, 5.41) is 4.59. The highest BCUT2D eigenvalue weighted by molar-refractivity contribution is 6.06. The van der Waals surface area contributed by atoms with Crippen molar-refractivity contribution in [3.8, 4) is 11.3 Å². The van der Waals surface area contributed by atoms with E-state index in [2.05, 4.69) is 20.3 Å². The van der Waals surface area contributed by atoms with Crippen molar-refractivity contribution in [2.24, 2.45) is 0 Å². The van der Waals surface area contributed by atoms with Gasteiger partial charge in [0, 0.05) is 42.9 Å². The maximum absolute atomic E-state index is 11.6. The number of hydrogen-bond donors (Lipinski definition) is 2. The number of ether oxygens (including phenoxy) is 1. The van der Waals surface area contributed by atoms with Crippen molar-refractivity contribution < 1.29 is 9.53 Å². The van der Waals surface area contributed by atoms with E-state index < -0.39 is 0 Å². The number of carbonyl (C=O) groups excluding carboxylic acids is 1. The Morgan fingerprint density at radius 3 is 2.77 bits per heavy atom. The van der Waals surface area contributed by atoms with Crippen molar-refractivity contribution in [3.05, 3.63) is 54.1 Å². The Labute approximate surface area is 149 Å². The zero-order chi connectivity index (χ0) is 18.1. The van der Waals surface area contributed by atoms with Crippen LogP contribution >= 0.6 is 0 Å². The molecule has 0 bridgehead atoms. The minimum absolute atomic E-state index is 0.213. The van der Waals surface area contributed by atoms with Crippen LogP contribution in [-0.2, 0) is 11.3 Å². The molecule has 2 N–H and O–H groups in total. The number of aromatic nitrogens is 4. The van der Waals surface area contributed by atoms with E-state index in [0.29, 0.717) is 12.3 Å². The fourth-order valence-electron chi connectivity index (χ4n) is 2.91. The van der Waals surface area contributed by atoms with Gasteiger partial charge in [0.05, 0.1) is 23.5 Å². The van der Waals surface area contributed by atoms with Gasteiger partial charge in [-0.2, -0.15) is 0 Å². The molecular weight excluding hydrogens is 330 g/mol. The molecule has 4 heterocycles. The summed E-state index contributed by atoms with van der Waals surface area (Å²) < 4.78 is 5.13. The van der Waals surface area contributed by atoms with Crippen molar-refractivity contribution in [3.63, 3.8) is 0 Å². The molecule has 130 valence electrons. The number of fused-ring (bicyclic) bond motifs is 3. The molecule has 4 aromatic heterocycles. The van der Waals surface area contributed by atoms with Gasteiger partial charge >= 0.3 is 0 Å². The quantitative estimate of drug-likeness (QED) is 0.592. The van der Waals surface area contributed by atoms with E-state index in [-0.39, 0.29) is 5.91 Å². The van der Waals surface area contributed by atoms with Crippen LogP contribution in [0.1, 0.15) is 16.2 Å². The molecule has 0 aliphatic heterocycles. The van der Waals surface area contributed by atoms with Gasteiger partial charge in [-0.15, -0.1) is 0 Å². The molecule has 4 rings (SSSR count). The Bertz CT molecular complexity index is 1100. The van der Waals surface area contributed by atoms with Crippen molar-refractivity contribution >= 4 is 27.8 Å². The fraction of sp³-hybridized carbons (Fsp3) is 0.158. The summed E-state index contributed by atoms with van der Waals surface area (Å²) in [4.78, 5) is 28.2. The normalized spacial score (nSPS) is 11.2. The average Bonchev–Trinajstić information content (AvgIpc) is 3.04. The van der Waals surface area contributed by atoms with E-state index in [9.17, 15) is 4.79 Å². The first kappa shape index (κ1) is 16.2. The minimum Gasteiger partial charge on any atom is -0.378 e. The number of nitrogens with zero attached hydrogens (tertiary/aromatic N) is 3. The maximum atomic E-state index is 11.6. The second-order valence-electron chi connectivity index (χ2n) is 5.88. The molecular formula is C19H17N5O2. The molecule has 0 radical (unpaired) electrons. The first-order valence-electron chi connectivity index (χ1n) is 8.14. The molecule has 0 aliphatic carbocycles. The van der Waals surface area contributed by atoms with Gasteiger partial charge in [0.1, 0.15) is 11.3 Å². The number of carbonyl (C=O) groups is 1. The van der Waals surface area contributed by atoms with Gasteiger partial charge in [-0.3, -0.25) is 14.8 Å². The van der Waals surface area contributed by atoms with Gasteiger partial charge in [-0.05, 0) is 30.3 Å². The molecule has 0 saturated carbocycles. The number of pyridine rings is 3. The summed E-state index contributed by atoms with van der Waals surface area (Å²) in [5.74, 6) is -0.213. The lowest BCUT2D eigenvalue weighted by Crippen LogP contribution is -2.18. The van der Waals surface area contributed by atoms with Crippen molar-refractivity contribution in [2.75, 3.05) is 14.2 Å². The smallest absolute Gasteiger partial charge is 0.269 e. The number of amides is 1. The molecule has 0 saturated heterocycles. The number of methoxy groups -OCH3 is 1. The second kappa shape index (κ2) is 6.53. The van der Waals surface area contributed by atoms with E-state index in [1.165, 1.54) is 0 Å². The molecule has 7 nitrogen and oxygen atoms in total. The van der Waals surface area contributed by atoms with Crippen molar-refractivity contribution in [1.82, 2.24) is 25.3 Å². The van der Waals surface area contributed by atoms with Crippen molar-refractivity contribution in [2.45, 2.75) is 6.61 Å². The van der Waals surface area contributed by atoms with Crippen LogP contribution in [0.25, 0.3) is 33.2 Å². The molecule has 0 atom stereocenters. The number of aromatic amines is 1. The average molecular weight is 347 g/mol. The monoisotopic (exact) mass is 347 g/mol. The van der Waals surface area contributed by atoms with Crippen molar-refractivity contribution in [1.29, 1.82) is 0 Å². The number of rotatable bonds is 4. The van der Waals surface area contributed by atoms with E-state index >= 15 is 0 Å². The topological polar surface area (TPSA) is 92.8 Å². The van der Waals surface area contributed by atoms with Crippen LogP contribution in [0, 0.1) is 0 Å². The SMILES string of the molecule is CNC(=O)c1ccc(-c2ccc3c(n2)[nH]c2cc(COC)ncc23)cn1. The summed E-state index contributed by atoms with van der Waals surface area (Å²) in [7, 11) is 3.23. The third kappa shape index (κ3) is 2.78. The lowest BCUT2D eigenvalue weighted by Gasteiger charge is -2.03. The highest BCUT2D eigenvalue weighted by Crippen LogP contribution is 2.27. The predicted molar refractivity (Wildman–Crippen MR) is 98.7 cm³/mol. The van der Waals surface area contributed by atoms with Gasteiger partial charge < -0.3 is 15.0 Å². The fourth-order valence-corrected chi connectivity index (χ4v) is 2.91. The molecule has 1 amide bonds. The Kier molecular flexibility index (Phi) is 4.06. The van der Waals surface area contributed by atoms with E-state index in [1.807, 2.05) is 30.5 Å². The van der Waals surface area contributed by atoms with Gasteiger partial charge in [-0.25, -0.2) is 4.98 Å². The maximum Gasteiger partial charge on any atom is 0.269 e. The standard InChI is InChI=1S/C19H17N5O2/c1-20-19(25)16-5-3-11(8-22-16)15-6-4-13-14-9-21-12(10-26-2)7-17(14)24-18(13)23-15/h3-9H,10H2,1-2H3,(H,20,25)(H,23,24). The second-order valence-corrected chi connectivity index (χ2v) is 5.88. The Morgan fingerprint density at radius 2 is 2.04 bits per heavy atom. The number of H-pyrrole nitrogens is 1. The summed E-state index contributed by atoms with van der Waals surface area (Å²) in [6.07, 6.45) is 3.49. The zero-order valence-corrected chi connectivity index (χ0v) is 14.4. The Morgan fingerprint density at radius 1 is 1.15 bits per heavy atom. The third-order valence-electron chi connectivity index (χ3n) is 4.21. The highest BCUT2D eigenvalue weighted by Gasteiger charge is 2.10. The van der Waals surface area contributed by atoms with Crippen LogP contribution < -0.4 is 5.32 Å². The lowest BCUT2D eigenvalue weighted by molar-refractivity contribution is 0.0958. The highest BCUT2D eigenvalue weighted by atomic mass is 16.5. The molecule has 7 heteroatoms. The molecule has 0 aromatic carbocycles. The molecule has 0 aliphatic rings. The van der Waals surface area contributed by atoms with E-state index in [4.69, 9.17) is 9.72 Å². The van der Waals surface area contributed by atoms with Gasteiger partial charge in [0.15, 0.2) is 0 Å². The van der Waals surface area contributed by atoms with Gasteiger partial charge in [0.2, 0.25) is 0 Å². The van der Waals surface area contributed by atoms with Crippen LogP contribution in [-0.4, -0.2) is 40.0 Å². The molecule has 26 heavy (non-hydrogen) atoms. The predicted octanol–water partition coefficient (Wildman–Crippen LogP) is 2.68. The Balaban J connectivity index is 1.75. The zero-order valence-electron chi connectivity index (χ0n) is 14.4. The van der Waals surface area contributed by atoms with Crippen LogP contribution in [0.15, 0.2) is 42.7 Å². The Hall–Kier alpha value is -3.32. The number of nitrogens with one attached hydrogen (secondary N) is 2. The van der Waals surface area contributed by atoms with Crippen LogP contribution in [0.5, 0.6) is 0 Å². The van der Waals surface area contributed by atoms with Crippen LogP contribution in [0.2, 0.25) is 0 Å². The molecule has 0 spiro atoms. The summed E-state index contributed by atoms with van der Waals surface area (Å²) in [6, 6.07) is 9.45. The van der Waals surface area contributed by atoms with Crippen LogP contribution in [0.3, 0.4) is 0 Å². The molecule has 0 unspecified atom stereocenters. The molecule has 0 fully saturated rings. The van der Waals surface area contributed by atoms with Gasteiger partial charge in [-0.1, -0.05) is 0 Å². The largest absolute Gasteiger partial charge is 0.378 e. The van der Waals surface area contributed by atoms with Crippen LogP contribution in [0.4, 0.5) is 0 Å². The number of hydrogen-bond acceptors (Lipinski definition) is 5. The summed E-state index contributed by atoms with van der Waals surface area (Å²) in [6.45, 7) is 0.466. The minimum atomic E-state index is -0.213. The summed E-state index contributed by atoms with van der Waals surface area (Å²) >= 11 is 0. The van der Waals surface area contributed by atoms with E-state index in [1.54, 1.807) is 26.4 Å². The first-order chi connectivity index (χ1) is 12.7. The third-order valence-corrected chi connectivity index (χ3v) is 4.21. The first-order valence-corrected chi connectivity index (χ1v) is 8.14. The lowest BCUT2D eigenvalue weighted by atomic mass is 10.1. The molecule has 4 aromatic rings. The van der Waals surface area contributed by atoms with E-state index in [0.717, 1.165) is 38.9 Å². The van der Waals surface area contributed by atoms with Gasteiger partial charge in [0.25, 0.3) is 5.91 Å². The summed E-state index contributed by atoms with van der Waals surface area (Å²) in [5.41, 5.74) is 4.62.